The minimum Gasteiger partial charge on any atom is -0.345 e. The number of hydrogen-bond acceptors (Lipinski definition) is 3. The fourth-order valence-electron chi connectivity index (χ4n) is 3.14. The van der Waals surface area contributed by atoms with Crippen molar-refractivity contribution in [1.82, 2.24) is 10.6 Å². The number of nitrogens with one attached hydrogen (secondary N) is 2. The zero-order valence-electron chi connectivity index (χ0n) is 14.5. The summed E-state index contributed by atoms with van der Waals surface area (Å²) in [7, 11) is 0. The van der Waals surface area contributed by atoms with E-state index < -0.39 is 11.8 Å². The molecule has 0 atom stereocenters. The average molecular weight is 350 g/mol. The van der Waals surface area contributed by atoms with Crippen LogP contribution in [0.25, 0.3) is 11.1 Å². The van der Waals surface area contributed by atoms with Gasteiger partial charge in [0.1, 0.15) is 0 Å². The van der Waals surface area contributed by atoms with Gasteiger partial charge in [-0.1, -0.05) is 67.4 Å². The number of carbonyl (C=O) groups is 3. The molecule has 5 heteroatoms. The molecule has 2 N–H and O–H groups in total. The lowest BCUT2D eigenvalue weighted by atomic mass is 10.0. The molecule has 0 spiro atoms. The van der Waals surface area contributed by atoms with Gasteiger partial charge in [-0.05, 0) is 24.0 Å². The van der Waals surface area contributed by atoms with E-state index in [-0.39, 0.29) is 18.4 Å². The molecule has 0 aromatic heterocycles. The number of carbonyl (C=O) groups excluding carboxylic acids is 3. The lowest BCUT2D eigenvalue weighted by Gasteiger charge is -2.11. The second-order valence-corrected chi connectivity index (χ2v) is 6.50. The van der Waals surface area contributed by atoms with Gasteiger partial charge in [0.2, 0.25) is 0 Å². The predicted molar refractivity (Wildman–Crippen MR) is 99.6 cm³/mol. The summed E-state index contributed by atoms with van der Waals surface area (Å²) in [5, 5.41) is 5.11. The molecule has 134 valence electrons. The second-order valence-electron chi connectivity index (χ2n) is 6.50. The molecule has 2 aromatic rings. The Morgan fingerprint density at radius 1 is 0.808 bits per heavy atom. The summed E-state index contributed by atoms with van der Waals surface area (Å²) >= 11 is 0. The molecular formula is C21H22N2O3. The highest BCUT2D eigenvalue weighted by atomic mass is 16.2. The minimum atomic E-state index is -0.758. The number of benzene rings is 2. The molecule has 3 rings (SSSR count). The van der Waals surface area contributed by atoms with Crippen molar-refractivity contribution >= 4 is 17.6 Å². The van der Waals surface area contributed by atoms with Crippen LogP contribution in [0.15, 0.2) is 54.6 Å². The van der Waals surface area contributed by atoms with Gasteiger partial charge in [-0.3, -0.25) is 14.4 Å². The van der Waals surface area contributed by atoms with Crippen molar-refractivity contribution in [3.05, 3.63) is 60.2 Å². The molecule has 1 aliphatic carbocycles. The highest BCUT2D eigenvalue weighted by molar-refractivity contribution is 6.35. The number of amides is 2. The lowest BCUT2D eigenvalue weighted by Crippen LogP contribution is -2.45. The van der Waals surface area contributed by atoms with Gasteiger partial charge in [-0.2, -0.15) is 0 Å². The number of ketones is 1. The summed E-state index contributed by atoms with van der Waals surface area (Å²) in [4.78, 5) is 35.9. The molecule has 0 heterocycles. The zero-order chi connectivity index (χ0) is 18.4. The van der Waals surface area contributed by atoms with Crippen LogP contribution in [0.4, 0.5) is 0 Å². The largest absolute Gasteiger partial charge is 0.345 e. The molecule has 0 saturated heterocycles. The summed E-state index contributed by atoms with van der Waals surface area (Å²) in [5.74, 6) is -1.65. The Bertz CT molecular complexity index is 779. The van der Waals surface area contributed by atoms with Gasteiger partial charge in [0.05, 0.1) is 6.54 Å². The SMILES string of the molecule is O=C(NCC(=O)c1ccc(-c2ccccc2)cc1)C(=O)NC1CCCC1. The Labute approximate surface area is 152 Å². The molecular weight excluding hydrogens is 328 g/mol. The molecule has 5 nitrogen and oxygen atoms in total. The van der Waals surface area contributed by atoms with Crippen LogP contribution in [-0.2, 0) is 9.59 Å². The Hall–Kier alpha value is -2.95. The molecule has 2 aromatic carbocycles. The van der Waals surface area contributed by atoms with Gasteiger partial charge in [0.15, 0.2) is 5.78 Å². The van der Waals surface area contributed by atoms with E-state index in [4.69, 9.17) is 0 Å². The number of Topliss-reactive ketones (excluding diaryl/α,β-unsaturated/α-hetero) is 1. The zero-order valence-corrected chi connectivity index (χ0v) is 14.5. The minimum absolute atomic E-state index is 0.0782. The molecule has 1 saturated carbocycles. The quantitative estimate of drug-likeness (QED) is 0.643. The van der Waals surface area contributed by atoms with Crippen molar-refractivity contribution in [2.75, 3.05) is 6.54 Å². The van der Waals surface area contributed by atoms with Crippen molar-refractivity contribution in [3.63, 3.8) is 0 Å². The standard InChI is InChI=1S/C21H22N2O3/c24-19(14-22-20(25)21(26)23-18-8-4-5-9-18)17-12-10-16(11-13-17)15-6-2-1-3-7-15/h1-3,6-7,10-13,18H,4-5,8-9,14H2,(H,22,25)(H,23,26). The van der Waals surface area contributed by atoms with Gasteiger partial charge >= 0.3 is 11.8 Å². The smallest absolute Gasteiger partial charge is 0.309 e. The number of rotatable bonds is 5. The second kappa shape index (κ2) is 8.43. The van der Waals surface area contributed by atoms with Crippen LogP contribution in [0.2, 0.25) is 0 Å². The third-order valence-electron chi connectivity index (χ3n) is 4.62. The Balaban J connectivity index is 1.51. The van der Waals surface area contributed by atoms with Crippen LogP contribution in [0.3, 0.4) is 0 Å². The van der Waals surface area contributed by atoms with E-state index >= 15 is 0 Å². The molecule has 0 aliphatic heterocycles. The van der Waals surface area contributed by atoms with Crippen molar-refractivity contribution in [1.29, 1.82) is 0 Å². The first-order valence-electron chi connectivity index (χ1n) is 8.91. The van der Waals surface area contributed by atoms with Crippen LogP contribution in [0, 0.1) is 0 Å². The van der Waals surface area contributed by atoms with E-state index in [1.165, 1.54) is 0 Å². The van der Waals surface area contributed by atoms with E-state index in [1.54, 1.807) is 12.1 Å². The highest BCUT2D eigenvalue weighted by Crippen LogP contribution is 2.19. The maximum Gasteiger partial charge on any atom is 0.309 e. The molecule has 0 unspecified atom stereocenters. The van der Waals surface area contributed by atoms with E-state index in [0.717, 1.165) is 36.8 Å². The predicted octanol–water partition coefficient (Wildman–Crippen LogP) is 2.71. The third kappa shape index (κ3) is 4.57. The van der Waals surface area contributed by atoms with E-state index in [0.29, 0.717) is 5.56 Å². The van der Waals surface area contributed by atoms with Gasteiger partial charge in [0.25, 0.3) is 0 Å². The summed E-state index contributed by atoms with van der Waals surface area (Å²) in [6, 6.07) is 17.2. The summed E-state index contributed by atoms with van der Waals surface area (Å²) < 4.78 is 0. The average Bonchev–Trinajstić information content (AvgIpc) is 3.19. The first kappa shape index (κ1) is 17.9. The van der Waals surface area contributed by atoms with E-state index in [1.807, 2.05) is 42.5 Å². The van der Waals surface area contributed by atoms with Gasteiger partial charge < -0.3 is 10.6 Å². The van der Waals surface area contributed by atoms with Crippen LogP contribution >= 0.6 is 0 Å². The third-order valence-corrected chi connectivity index (χ3v) is 4.62. The van der Waals surface area contributed by atoms with Crippen LogP contribution in [-0.4, -0.2) is 30.2 Å². The van der Waals surface area contributed by atoms with Crippen molar-refractivity contribution in [2.45, 2.75) is 31.7 Å². The van der Waals surface area contributed by atoms with E-state index in [9.17, 15) is 14.4 Å². The Morgan fingerprint density at radius 2 is 1.42 bits per heavy atom. The van der Waals surface area contributed by atoms with E-state index in [2.05, 4.69) is 10.6 Å². The molecule has 1 fully saturated rings. The highest BCUT2D eigenvalue weighted by Gasteiger charge is 2.21. The molecule has 2 amide bonds. The normalized spacial score (nSPS) is 14.0. The van der Waals surface area contributed by atoms with Crippen molar-refractivity contribution in [2.24, 2.45) is 0 Å². The Kier molecular flexibility index (Phi) is 5.79. The molecule has 26 heavy (non-hydrogen) atoms. The summed E-state index contributed by atoms with van der Waals surface area (Å²) in [5.41, 5.74) is 2.59. The van der Waals surface area contributed by atoms with Crippen LogP contribution in [0.5, 0.6) is 0 Å². The lowest BCUT2D eigenvalue weighted by molar-refractivity contribution is -0.139. The maximum atomic E-state index is 12.2. The summed E-state index contributed by atoms with van der Waals surface area (Å²) in [6.07, 6.45) is 3.96. The molecule has 0 radical (unpaired) electrons. The fraction of sp³-hybridized carbons (Fsp3) is 0.286. The van der Waals surface area contributed by atoms with Gasteiger partial charge in [-0.25, -0.2) is 0 Å². The first-order valence-corrected chi connectivity index (χ1v) is 8.91. The van der Waals surface area contributed by atoms with Crippen molar-refractivity contribution < 1.29 is 14.4 Å². The van der Waals surface area contributed by atoms with Gasteiger partial charge in [0, 0.05) is 11.6 Å². The topological polar surface area (TPSA) is 75.3 Å². The first-order chi connectivity index (χ1) is 12.6. The van der Waals surface area contributed by atoms with Crippen LogP contribution in [0.1, 0.15) is 36.0 Å². The molecule has 1 aliphatic rings. The molecule has 0 bridgehead atoms. The maximum absolute atomic E-state index is 12.2. The van der Waals surface area contributed by atoms with Crippen molar-refractivity contribution in [3.8, 4) is 11.1 Å². The fourth-order valence-corrected chi connectivity index (χ4v) is 3.14. The van der Waals surface area contributed by atoms with Crippen LogP contribution < -0.4 is 10.6 Å². The number of hydrogen-bond donors (Lipinski definition) is 2. The Morgan fingerprint density at radius 3 is 2.08 bits per heavy atom. The van der Waals surface area contributed by atoms with Gasteiger partial charge in [-0.15, -0.1) is 0 Å². The monoisotopic (exact) mass is 350 g/mol. The summed E-state index contributed by atoms with van der Waals surface area (Å²) in [6.45, 7) is -0.193.